The van der Waals surface area contributed by atoms with Crippen LogP contribution in [0.4, 0.5) is 18.9 Å². The molecule has 10 heteroatoms. The van der Waals surface area contributed by atoms with Gasteiger partial charge in [0.2, 0.25) is 0 Å². The number of aliphatic hydroxyl groups is 1. The Kier molecular flexibility index (Phi) is 5.62. The largest absolute Gasteiger partial charge is 0.386 e. The van der Waals surface area contributed by atoms with Gasteiger partial charge in [-0.2, -0.15) is 0 Å². The molecule has 1 spiro atoms. The van der Waals surface area contributed by atoms with E-state index < -0.39 is 58.0 Å². The van der Waals surface area contributed by atoms with E-state index in [0.717, 1.165) is 30.3 Å². The minimum absolute atomic E-state index is 0.248. The van der Waals surface area contributed by atoms with E-state index in [4.69, 9.17) is 10.5 Å². The van der Waals surface area contributed by atoms with E-state index in [9.17, 15) is 23.1 Å². The number of anilines is 1. The zero-order valence-electron chi connectivity index (χ0n) is 18.8. The molecule has 3 heterocycles. The lowest BCUT2D eigenvalue weighted by atomic mass is 9.80. The van der Waals surface area contributed by atoms with Gasteiger partial charge in [0.1, 0.15) is 34.4 Å². The molecule has 7 nitrogen and oxygen atoms in total. The molecule has 3 atom stereocenters. The van der Waals surface area contributed by atoms with E-state index in [0.29, 0.717) is 30.5 Å². The standard InChI is InChI=1S/C25H23F3N4O3/c1-24(34)20(29)11-19(35-25(24)8-9-25)13-7-10-30-12-18(13)32-23(33)17-6-5-16(28)22(31-17)21-14(26)3-2-4-15(21)27/h2-7,10,12,19-20,34H,8-9,11,29H2,1H3,(H,32,33)/t19-,20-,24+/m0/s1. The van der Waals surface area contributed by atoms with Gasteiger partial charge in [-0.1, -0.05) is 6.07 Å². The van der Waals surface area contributed by atoms with Gasteiger partial charge < -0.3 is 20.9 Å². The molecule has 1 aromatic carbocycles. The topological polar surface area (TPSA) is 110 Å². The molecular weight excluding hydrogens is 461 g/mol. The van der Waals surface area contributed by atoms with Crippen molar-refractivity contribution in [2.45, 2.75) is 49.5 Å². The van der Waals surface area contributed by atoms with Crippen molar-refractivity contribution in [2.24, 2.45) is 5.73 Å². The van der Waals surface area contributed by atoms with Crippen molar-refractivity contribution in [1.82, 2.24) is 9.97 Å². The number of aromatic nitrogens is 2. The number of benzene rings is 1. The minimum Gasteiger partial charge on any atom is -0.386 e. The molecule has 1 aliphatic carbocycles. The van der Waals surface area contributed by atoms with Gasteiger partial charge in [-0.25, -0.2) is 18.2 Å². The normalized spacial score (nSPS) is 24.9. The number of nitrogens with two attached hydrogens (primary N) is 1. The zero-order chi connectivity index (χ0) is 25.0. The second kappa shape index (κ2) is 8.40. The summed E-state index contributed by atoms with van der Waals surface area (Å²) >= 11 is 0. The Morgan fingerprint density at radius 1 is 1.14 bits per heavy atom. The van der Waals surface area contributed by atoms with Crippen LogP contribution in [0.1, 0.15) is 48.3 Å². The summed E-state index contributed by atoms with van der Waals surface area (Å²) < 4.78 is 49.1. The zero-order valence-corrected chi connectivity index (χ0v) is 18.8. The van der Waals surface area contributed by atoms with Crippen LogP contribution in [0.25, 0.3) is 11.3 Å². The quantitative estimate of drug-likeness (QED) is 0.518. The van der Waals surface area contributed by atoms with Crippen LogP contribution in [0.2, 0.25) is 0 Å². The number of pyridine rings is 2. The molecular formula is C25H23F3N4O3. The SMILES string of the molecule is C[C@@]1(O)[C@@H](N)C[C@@H](c2ccncc2NC(=O)c2ccc(F)c(-c3c(F)cccc3F)n2)OC12CC2. The van der Waals surface area contributed by atoms with Gasteiger partial charge in [0.15, 0.2) is 0 Å². The predicted octanol–water partition coefficient (Wildman–Crippen LogP) is 3.89. The lowest BCUT2D eigenvalue weighted by Gasteiger charge is -2.46. The molecule has 0 unspecified atom stereocenters. The molecule has 4 N–H and O–H groups in total. The first-order chi connectivity index (χ1) is 16.6. The number of hydrogen-bond acceptors (Lipinski definition) is 6. The van der Waals surface area contributed by atoms with Crippen LogP contribution < -0.4 is 11.1 Å². The summed E-state index contributed by atoms with van der Waals surface area (Å²) in [6, 6.07) is 6.29. The predicted molar refractivity (Wildman–Crippen MR) is 121 cm³/mol. The van der Waals surface area contributed by atoms with Crippen LogP contribution >= 0.6 is 0 Å². The Labute approximate surface area is 199 Å². The van der Waals surface area contributed by atoms with Crippen LogP contribution in [0, 0.1) is 17.5 Å². The number of carbonyl (C=O) groups is 1. The van der Waals surface area contributed by atoms with E-state index in [1.165, 1.54) is 6.20 Å². The maximum atomic E-state index is 14.4. The number of hydrogen-bond donors (Lipinski definition) is 3. The van der Waals surface area contributed by atoms with E-state index in [-0.39, 0.29) is 5.69 Å². The van der Waals surface area contributed by atoms with Gasteiger partial charge in [0.05, 0.1) is 29.2 Å². The fourth-order valence-electron chi connectivity index (χ4n) is 4.61. The highest BCUT2D eigenvalue weighted by Crippen LogP contribution is 2.56. The van der Waals surface area contributed by atoms with Crippen molar-refractivity contribution in [1.29, 1.82) is 0 Å². The molecule has 3 aromatic rings. The number of rotatable bonds is 4. The molecule has 5 rings (SSSR count). The van der Waals surface area contributed by atoms with Crippen molar-refractivity contribution in [2.75, 3.05) is 5.32 Å². The van der Waals surface area contributed by atoms with Gasteiger partial charge in [0, 0.05) is 17.8 Å². The summed E-state index contributed by atoms with van der Waals surface area (Å²) in [4.78, 5) is 21.0. The number of ether oxygens (including phenoxy) is 1. The Morgan fingerprint density at radius 3 is 2.54 bits per heavy atom. The van der Waals surface area contributed by atoms with E-state index in [1.807, 2.05) is 0 Å². The number of amides is 1. The van der Waals surface area contributed by atoms with Crippen molar-refractivity contribution >= 4 is 11.6 Å². The minimum atomic E-state index is -1.17. The average molecular weight is 484 g/mol. The summed E-state index contributed by atoms with van der Waals surface area (Å²) in [5, 5.41) is 13.5. The van der Waals surface area contributed by atoms with Crippen molar-refractivity contribution in [3.05, 3.63) is 77.5 Å². The molecule has 35 heavy (non-hydrogen) atoms. The molecule has 1 aliphatic heterocycles. The van der Waals surface area contributed by atoms with Crippen LogP contribution in [0.3, 0.4) is 0 Å². The van der Waals surface area contributed by atoms with Gasteiger partial charge in [0.25, 0.3) is 5.91 Å². The van der Waals surface area contributed by atoms with Crippen LogP contribution in [0.5, 0.6) is 0 Å². The Balaban J connectivity index is 1.44. The monoisotopic (exact) mass is 484 g/mol. The summed E-state index contributed by atoms with van der Waals surface area (Å²) in [6.45, 7) is 1.67. The molecule has 2 aromatic heterocycles. The van der Waals surface area contributed by atoms with E-state index in [2.05, 4.69) is 15.3 Å². The van der Waals surface area contributed by atoms with Gasteiger partial charge in [-0.15, -0.1) is 0 Å². The van der Waals surface area contributed by atoms with Crippen LogP contribution in [-0.2, 0) is 4.74 Å². The number of halogens is 3. The second-order valence-corrected chi connectivity index (χ2v) is 9.13. The molecule has 182 valence electrons. The summed E-state index contributed by atoms with van der Waals surface area (Å²) in [5.74, 6) is -3.71. The molecule has 1 amide bonds. The van der Waals surface area contributed by atoms with Crippen molar-refractivity contribution in [3.8, 4) is 11.3 Å². The number of nitrogens with zero attached hydrogens (tertiary/aromatic N) is 2. The Morgan fingerprint density at radius 2 is 1.86 bits per heavy atom. The number of carbonyl (C=O) groups excluding carboxylic acids is 1. The lowest BCUT2D eigenvalue weighted by Crippen LogP contribution is -2.60. The van der Waals surface area contributed by atoms with Gasteiger partial charge >= 0.3 is 0 Å². The molecule has 0 bridgehead atoms. The first-order valence-electron chi connectivity index (χ1n) is 11.1. The summed E-state index contributed by atoms with van der Waals surface area (Å²) in [7, 11) is 0. The van der Waals surface area contributed by atoms with Crippen molar-refractivity contribution < 1.29 is 27.8 Å². The lowest BCUT2D eigenvalue weighted by molar-refractivity contribution is -0.195. The third-order valence-electron chi connectivity index (χ3n) is 6.91. The summed E-state index contributed by atoms with van der Waals surface area (Å²) in [6.07, 6.45) is 4.12. The maximum absolute atomic E-state index is 14.4. The van der Waals surface area contributed by atoms with E-state index >= 15 is 0 Å². The third kappa shape index (κ3) is 3.97. The smallest absolute Gasteiger partial charge is 0.274 e. The second-order valence-electron chi connectivity index (χ2n) is 9.13. The fraction of sp³-hybridized carbons (Fsp3) is 0.320. The molecule has 1 saturated heterocycles. The highest BCUT2D eigenvalue weighted by Gasteiger charge is 2.64. The fourth-order valence-corrected chi connectivity index (χ4v) is 4.61. The third-order valence-corrected chi connectivity index (χ3v) is 6.91. The highest BCUT2D eigenvalue weighted by molar-refractivity contribution is 6.03. The molecule has 2 aliphatic rings. The first-order valence-corrected chi connectivity index (χ1v) is 11.1. The molecule has 1 saturated carbocycles. The van der Waals surface area contributed by atoms with Gasteiger partial charge in [-0.05, 0) is 56.5 Å². The Hall–Kier alpha value is -3.34. The molecule has 2 fully saturated rings. The molecule has 0 radical (unpaired) electrons. The Bertz CT molecular complexity index is 1290. The van der Waals surface area contributed by atoms with Crippen LogP contribution in [0.15, 0.2) is 48.8 Å². The van der Waals surface area contributed by atoms with Crippen LogP contribution in [-0.4, -0.2) is 38.2 Å². The van der Waals surface area contributed by atoms with E-state index in [1.54, 1.807) is 19.2 Å². The maximum Gasteiger partial charge on any atom is 0.274 e. The average Bonchev–Trinajstić information content (AvgIpc) is 3.60. The first kappa shape index (κ1) is 23.4. The summed E-state index contributed by atoms with van der Waals surface area (Å²) in [5.41, 5.74) is 3.76. The van der Waals surface area contributed by atoms with Crippen molar-refractivity contribution in [3.63, 3.8) is 0 Å². The number of nitrogens with one attached hydrogen (secondary N) is 1. The van der Waals surface area contributed by atoms with Gasteiger partial charge in [-0.3, -0.25) is 9.78 Å². The highest BCUT2D eigenvalue weighted by atomic mass is 19.1.